The maximum absolute atomic E-state index is 10.4. The second kappa shape index (κ2) is 18.0. The number of phenols is 1. The molecule has 0 radical (unpaired) electrons. The first-order valence-electron chi connectivity index (χ1n) is 13.8. The highest BCUT2D eigenvalue weighted by Crippen LogP contribution is 2.24. The van der Waals surface area contributed by atoms with E-state index in [0.29, 0.717) is 69.8 Å². The molecule has 2 N–H and O–H groups in total. The zero-order valence-corrected chi connectivity index (χ0v) is 25.1. The number of phenolic OH excluding ortho intramolecular Hbond substituents is 1. The fourth-order valence-electron chi connectivity index (χ4n) is 3.68. The van der Waals surface area contributed by atoms with Gasteiger partial charge in [0.15, 0.2) is 18.3 Å². The van der Waals surface area contributed by atoms with Crippen LogP contribution in [0.15, 0.2) is 76.2 Å². The lowest BCUT2D eigenvalue weighted by atomic mass is 10.2. The van der Waals surface area contributed by atoms with Gasteiger partial charge in [0, 0.05) is 18.2 Å². The van der Waals surface area contributed by atoms with Gasteiger partial charge in [0.05, 0.1) is 57.6 Å². The Morgan fingerprint density at radius 1 is 0.886 bits per heavy atom. The zero-order valence-electron chi connectivity index (χ0n) is 24.3. The molecular weight excluding hydrogens is 596 g/mol. The van der Waals surface area contributed by atoms with E-state index in [1.807, 2.05) is 35.9 Å². The van der Waals surface area contributed by atoms with Gasteiger partial charge in [0.1, 0.15) is 28.0 Å². The monoisotopic (exact) mass is 632 g/mol. The summed E-state index contributed by atoms with van der Waals surface area (Å²) in [6.45, 7) is 5.69. The predicted molar refractivity (Wildman–Crippen MR) is 156 cm³/mol. The van der Waals surface area contributed by atoms with E-state index in [0.717, 1.165) is 11.3 Å². The van der Waals surface area contributed by atoms with Crippen LogP contribution in [0, 0.1) is 6.92 Å². The quantitative estimate of drug-likeness (QED) is 0.0988. The van der Waals surface area contributed by atoms with E-state index in [1.54, 1.807) is 30.3 Å². The maximum Gasteiger partial charge on any atom is 0.305 e. The van der Waals surface area contributed by atoms with Crippen LogP contribution in [0.3, 0.4) is 0 Å². The Kier molecular flexibility index (Phi) is 14.2. The number of nitrogens with zero attached hydrogens (tertiary/aromatic N) is 2. The van der Waals surface area contributed by atoms with Gasteiger partial charge in [-0.1, -0.05) is 17.7 Å². The van der Waals surface area contributed by atoms with Gasteiger partial charge in [-0.15, -0.1) is 0 Å². The molecule has 13 nitrogen and oxygen atoms in total. The molecule has 14 heteroatoms. The number of rotatable bonds is 17. The number of aromatic nitrogens is 2. The van der Waals surface area contributed by atoms with Crippen molar-refractivity contribution in [2.75, 3.05) is 52.9 Å². The molecule has 0 atom stereocenters. The van der Waals surface area contributed by atoms with Crippen molar-refractivity contribution >= 4 is 27.2 Å². The minimum Gasteiger partial charge on any atom is -0.744 e. The summed E-state index contributed by atoms with van der Waals surface area (Å²) in [5.74, 6) is -0.262. The van der Waals surface area contributed by atoms with Gasteiger partial charge in [-0.3, -0.25) is 4.79 Å². The highest BCUT2D eigenvalue weighted by atomic mass is 32.2. The third kappa shape index (κ3) is 12.4. The van der Waals surface area contributed by atoms with Gasteiger partial charge in [-0.2, -0.15) is 4.57 Å². The van der Waals surface area contributed by atoms with Crippen molar-refractivity contribution < 1.29 is 55.9 Å². The lowest BCUT2D eigenvalue weighted by molar-refractivity contribution is -0.688. The van der Waals surface area contributed by atoms with Gasteiger partial charge in [0.25, 0.3) is 11.6 Å². The summed E-state index contributed by atoms with van der Waals surface area (Å²) in [5.41, 5.74) is 2.96. The second-order valence-electron chi connectivity index (χ2n) is 9.31. The van der Waals surface area contributed by atoms with Crippen molar-refractivity contribution in [1.29, 1.82) is 0 Å². The van der Waals surface area contributed by atoms with Crippen molar-refractivity contribution in [3.05, 3.63) is 72.4 Å². The van der Waals surface area contributed by atoms with Crippen LogP contribution < -0.4 is 4.57 Å². The number of fused-ring (bicyclic) bond motifs is 1. The average Bonchev–Trinajstić information content (AvgIpc) is 3.40. The molecule has 2 heterocycles. The molecule has 238 valence electrons. The lowest BCUT2D eigenvalue weighted by Gasteiger charge is -2.07. The van der Waals surface area contributed by atoms with Crippen LogP contribution >= 0.6 is 0 Å². The molecule has 4 rings (SSSR count). The van der Waals surface area contributed by atoms with Crippen molar-refractivity contribution in [2.45, 2.75) is 24.8 Å². The van der Waals surface area contributed by atoms with Crippen LogP contribution in [-0.4, -0.2) is 87.0 Å². The fraction of sp³-hybridized carbons (Fsp3) is 0.367. The molecule has 0 aliphatic carbocycles. The van der Waals surface area contributed by atoms with Gasteiger partial charge in [0.2, 0.25) is 0 Å². The molecule has 0 spiro atoms. The summed E-state index contributed by atoms with van der Waals surface area (Å²) < 4.78 is 60.5. The molecule has 2 aromatic carbocycles. The Morgan fingerprint density at radius 2 is 1.50 bits per heavy atom. The summed E-state index contributed by atoms with van der Waals surface area (Å²) >= 11 is 0. The van der Waals surface area contributed by atoms with Gasteiger partial charge < -0.3 is 38.1 Å². The number of aryl methyl sites for hydroxylation is 1. The molecule has 0 saturated carbocycles. The second-order valence-corrected chi connectivity index (χ2v) is 10.7. The van der Waals surface area contributed by atoms with Crippen molar-refractivity contribution in [3.63, 3.8) is 0 Å². The number of benzene rings is 2. The van der Waals surface area contributed by atoms with Crippen LogP contribution in [0.2, 0.25) is 0 Å². The third-order valence-corrected chi connectivity index (χ3v) is 6.74. The molecule has 4 aromatic rings. The molecule has 0 bridgehead atoms. The number of pyridine rings is 1. The third-order valence-electron chi connectivity index (χ3n) is 5.89. The maximum atomic E-state index is 10.4. The van der Waals surface area contributed by atoms with Gasteiger partial charge in [-0.05, 0) is 37.3 Å². The minimum atomic E-state index is -4.27. The lowest BCUT2D eigenvalue weighted by Crippen LogP contribution is -2.38. The molecular formula is C30H36N2O11S. The molecule has 0 fully saturated rings. The van der Waals surface area contributed by atoms with Crippen molar-refractivity contribution in [3.8, 4) is 17.3 Å². The molecule has 0 aliphatic rings. The summed E-state index contributed by atoms with van der Waals surface area (Å²) in [6, 6.07) is 16.4. The summed E-state index contributed by atoms with van der Waals surface area (Å²) in [4.78, 5) is 14.7. The fourth-order valence-corrected chi connectivity index (χ4v) is 4.15. The Balaban J connectivity index is 0.000000404. The highest BCUT2D eigenvalue weighted by molar-refractivity contribution is 7.85. The predicted octanol–water partition coefficient (Wildman–Crippen LogP) is 2.93. The van der Waals surface area contributed by atoms with Crippen LogP contribution in [0.5, 0.6) is 5.75 Å². The Morgan fingerprint density at radius 3 is 2.11 bits per heavy atom. The van der Waals surface area contributed by atoms with Crippen LogP contribution in [0.1, 0.15) is 12.0 Å². The van der Waals surface area contributed by atoms with E-state index in [1.165, 1.54) is 12.1 Å². The summed E-state index contributed by atoms with van der Waals surface area (Å²) in [7, 11) is -4.27. The number of oxazole rings is 1. The van der Waals surface area contributed by atoms with E-state index < -0.39 is 16.1 Å². The van der Waals surface area contributed by atoms with E-state index in [-0.39, 0.29) is 23.7 Å². The number of ether oxygens (including phenoxy) is 4. The van der Waals surface area contributed by atoms with Gasteiger partial charge >= 0.3 is 5.97 Å². The smallest absolute Gasteiger partial charge is 0.305 e. The molecule has 0 aliphatic heterocycles. The Bertz CT molecular complexity index is 1560. The van der Waals surface area contributed by atoms with Crippen molar-refractivity contribution in [2.24, 2.45) is 0 Å². The molecule has 44 heavy (non-hydrogen) atoms. The molecule has 0 saturated heterocycles. The minimum absolute atomic E-state index is 0.00458. The van der Waals surface area contributed by atoms with Crippen LogP contribution in [0.4, 0.5) is 0 Å². The first-order chi connectivity index (χ1) is 21.1. The summed E-state index contributed by atoms with van der Waals surface area (Å²) in [6.07, 6.45) is 1.93. The first-order valence-corrected chi connectivity index (χ1v) is 15.2. The van der Waals surface area contributed by atoms with Crippen molar-refractivity contribution in [1.82, 2.24) is 4.98 Å². The van der Waals surface area contributed by atoms with Crippen LogP contribution in [-0.2, 0) is 40.4 Å². The molecule has 0 amide bonds. The number of aromatic hydroxyl groups is 1. The molecule has 0 unspecified atom stereocenters. The number of aliphatic carboxylic acids is 1. The van der Waals surface area contributed by atoms with E-state index in [9.17, 15) is 22.9 Å². The zero-order chi connectivity index (χ0) is 31.8. The number of carboxylic acids is 1. The van der Waals surface area contributed by atoms with E-state index in [4.69, 9.17) is 28.5 Å². The molecule has 2 aromatic heterocycles. The first kappa shape index (κ1) is 34.6. The summed E-state index contributed by atoms with van der Waals surface area (Å²) in [5, 5.41) is 18.1. The SMILES string of the molecule is Cc1ccc(S(=O)(=O)[O-])cc1.O=C(O)CCOCCOCCOCCOCC[n+]1ccccc1-c1nc2ccc(O)cc2o1. The van der Waals surface area contributed by atoms with E-state index >= 15 is 0 Å². The number of hydrogen-bond acceptors (Lipinski definition) is 11. The standard InChI is InChI=1S/C23H28N2O8.C7H8O3S/c26-18-4-5-19-21(17-18)33-23(24-19)20-3-1-2-7-25(20)8-10-30-12-14-32-16-15-31-13-11-29-9-6-22(27)28;1-6-2-4-7(5-3-6)11(8,9)10/h1-5,7,17H,6,8-16H2,(H,27,28);2-5H,1H3,(H,8,9,10). The number of carboxylic acid groups (broad SMARTS) is 1. The van der Waals surface area contributed by atoms with E-state index in [2.05, 4.69) is 4.98 Å². The Hall–Kier alpha value is -3.92. The number of carbonyl (C=O) groups is 1. The normalized spacial score (nSPS) is 11.3. The average molecular weight is 633 g/mol. The largest absolute Gasteiger partial charge is 0.744 e. The Labute approximate surface area is 255 Å². The highest BCUT2D eigenvalue weighted by Gasteiger charge is 2.18. The topological polar surface area (TPSA) is 182 Å². The van der Waals surface area contributed by atoms with Crippen LogP contribution in [0.25, 0.3) is 22.7 Å². The number of hydrogen-bond donors (Lipinski definition) is 2. The van der Waals surface area contributed by atoms with Gasteiger partial charge in [-0.25, -0.2) is 13.4 Å².